The molecule has 1 saturated heterocycles. The Morgan fingerprint density at radius 3 is 2.22 bits per heavy atom. The molecule has 0 saturated carbocycles. The molecule has 1 N–H and O–H groups in total. The molecule has 37 heavy (non-hydrogen) atoms. The summed E-state index contributed by atoms with van der Waals surface area (Å²) in [6, 6.07) is 23.2. The summed E-state index contributed by atoms with van der Waals surface area (Å²) in [7, 11) is 3.81. The standard InChI is InChI=1S/C30H32N2O5/c1-21-9-7-8-12-25(21)37-20-19-36-24-15-13-22(14-16-24)27-26(28(33)23-10-5-4-6-11-23)29(34)30(35)32(27)18-17-31(2)3/h4-16,27,33H,17-20H2,1-3H3/t27-/m1/s1. The summed E-state index contributed by atoms with van der Waals surface area (Å²) in [6.07, 6.45) is 0. The van der Waals surface area contributed by atoms with Crippen molar-refractivity contribution in [2.45, 2.75) is 13.0 Å². The van der Waals surface area contributed by atoms with E-state index < -0.39 is 17.7 Å². The van der Waals surface area contributed by atoms with Crippen molar-refractivity contribution in [2.75, 3.05) is 40.4 Å². The van der Waals surface area contributed by atoms with E-state index in [4.69, 9.17) is 9.47 Å². The molecule has 1 aliphatic rings. The number of rotatable bonds is 10. The van der Waals surface area contributed by atoms with Crippen LogP contribution in [0.3, 0.4) is 0 Å². The van der Waals surface area contributed by atoms with Crippen LogP contribution in [0.4, 0.5) is 0 Å². The van der Waals surface area contributed by atoms with Gasteiger partial charge >= 0.3 is 0 Å². The summed E-state index contributed by atoms with van der Waals surface area (Å²) in [4.78, 5) is 29.6. The Kier molecular flexibility index (Phi) is 8.25. The first-order chi connectivity index (χ1) is 17.9. The maximum absolute atomic E-state index is 13.1. The third kappa shape index (κ3) is 6.01. The number of hydrogen-bond acceptors (Lipinski definition) is 6. The van der Waals surface area contributed by atoms with Crippen LogP contribution in [-0.4, -0.2) is 67.0 Å². The first-order valence-electron chi connectivity index (χ1n) is 12.3. The van der Waals surface area contributed by atoms with E-state index in [0.29, 0.717) is 37.6 Å². The van der Waals surface area contributed by atoms with Gasteiger partial charge in [0.1, 0.15) is 30.5 Å². The lowest BCUT2D eigenvalue weighted by Gasteiger charge is -2.26. The maximum atomic E-state index is 13.1. The van der Waals surface area contributed by atoms with E-state index in [9.17, 15) is 14.7 Å². The third-order valence-electron chi connectivity index (χ3n) is 6.27. The van der Waals surface area contributed by atoms with Crippen molar-refractivity contribution >= 4 is 17.4 Å². The number of benzene rings is 3. The van der Waals surface area contributed by atoms with Crippen molar-refractivity contribution in [3.05, 3.63) is 101 Å². The van der Waals surface area contributed by atoms with Gasteiger partial charge in [-0.2, -0.15) is 0 Å². The highest BCUT2D eigenvalue weighted by Crippen LogP contribution is 2.39. The molecule has 1 aliphatic heterocycles. The lowest BCUT2D eigenvalue weighted by atomic mass is 9.95. The van der Waals surface area contributed by atoms with Crippen molar-refractivity contribution in [3.8, 4) is 11.5 Å². The van der Waals surface area contributed by atoms with Crippen LogP contribution in [0.5, 0.6) is 11.5 Å². The highest BCUT2D eigenvalue weighted by molar-refractivity contribution is 6.46. The maximum Gasteiger partial charge on any atom is 0.295 e. The summed E-state index contributed by atoms with van der Waals surface area (Å²) < 4.78 is 11.6. The second-order valence-corrected chi connectivity index (χ2v) is 9.19. The second-order valence-electron chi connectivity index (χ2n) is 9.19. The van der Waals surface area contributed by atoms with E-state index in [1.54, 1.807) is 36.4 Å². The predicted molar refractivity (Wildman–Crippen MR) is 143 cm³/mol. The number of aliphatic hydroxyl groups excluding tert-OH is 1. The number of likely N-dealkylation sites (N-methyl/N-ethyl adjacent to an activating group) is 1. The summed E-state index contributed by atoms with van der Waals surface area (Å²) in [5, 5.41) is 11.1. The molecule has 1 atom stereocenters. The summed E-state index contributed by atoms with van der Waals surface area (Å²) in [6.45, 7) is 3.68. The van der Waals surface area contributed by atoms with E-state index in [1.165, 1.54) is 4.90 Å². The molecule has 0 spiro atoms. The zero-order valence-corrected chi connectivity index (χ0v) is 21.4. The van der Waals surface area contributed by atoms with Gasteiger partial charge in [-0.1, -0.05) is 60.7 Å². The molecule has 1 heterocycles. The fourth-order valence-electron chi connectivity index (χ4n) is 4.29. The molecule has 0 radical (unpaired) electrons. The Balaban J connectivity index is 1.54. The van der Waals surface area contributed by atoms with Crippen LogP contribution < -0.4 is 9.47 Å². The van der Waals surface area contributed by atoms with Crippen LogP contribution in [-0.2, 0) is 9.59 Å². The van der Waals surface area contributed by atoms with E-state index in [2.05, 4.69) is 0 Å². The highest BCUT2D eigenvalue weighted by atomic mass is 16.5. The van der Waals surface area contributed by atoms with Crippen LogP contribution in [0.1, 0.15) is 22.7 Å². The Labute approximate surface area is 217 Å². The third-order valence-corrected chi connectivity index (χ3v) is 6.27. The first kappa shape index (κ1) is 26.0. The lowest BCUT2D eigenvalue weighted by molar-refractivity contribution is -0.140. The summed E-state index contributed by atoms with van der Waals surface area (Å²) >= 11 is 0. The molecule has 7 nitrogen and oxygen atoms in total. The first-order valence-corrected chi connectivity index (χ1v) is 12.3. The molecular formula is C30H32N2O5. The van der Waals surface area contributed by atoms with Crippen molar-refractivity contribution in [2.24, 2.45) is 0 Å². The van der Waals surface area contributed by atoms with Gasteiger partial charge in [-0.3, -0.25) is 9.59 Å². The highest BCUT2D eigenvalue weighted by Gasteiger charge is 2.45. The quantitative estimate of drug-likeness (QED) is 0.192. The van der Waals surface area contributed by atoms with Gasteiger partial charge in [-0.25, -0.2) is 0 Å². The molecular weight excluding hydrogens is 468 g/mol. The van der Waals surface area contributed by atoms with E-state index in [1.807, 2.05) is 68.4 Å². The van der Waals surface area contributed by atoms with Gasteiger partial charge in [-0.15, -0.1) is 0 Å². The van der Waals surface area contributed by atoms with Crippen LogP contribution in [0.2, 0.25) is 0 Å². The van der Waals surface area contributed by atoms with Crippen molar-refractivity contribution in [1.29, 1.82) is 0 Å². The fourth-order valence-corrected chi connectivity index (χ4v) is 4.29. The molecule has 0 aromatic heterocycles. The molecule has 192 valence electrons. The van der Waals surface area contributed by atoms with Crippen LogP contribution >= 0.6 is 0 Å². The minimum Gasteiger partial charge on any atom is -0.507 e. The number of amides is 1. The van der Waals surface area contributed by atoms with Crippen LogP contribution in [0.25, 0.3) is 5.76 Å². The normalized spacial score (nSPS) is 16.9. The molecule has 3 aromatic carbocycles. The molecule has 7 heteroatoms. The summed E-state index contributed by atoms with van der Waals surface area (Å²) in [5.41, 5.74) is 2.37. The number of aryl methyl sites for hydroxylation is 1. The molecule has 3 aromatic rings. The number of aliphatic hydroxyl groups is 1. The fraction of sp³-hybridized carbons (Fsp3) is 0.267. The lowest BCUT2D eigenvalue weighted by Crippen LogP contribution is -2.35. The van der Waals surface area contributed by atoms with Crippen molar-refractivity contribution < 1.29 is 24.2 Å². The van der Waals surface area contributed by atoms with E-state index in [-0.39, 0.29) is 11.3 Å². The van der Waals surface area contributed by atoms with Gasteiger partial charge in [0.25, 0.3) is 11.7 Å². The molecule has 0 unspecified atom stereocenters. The zero-order chi connectivity index (χ0) is 26.4. The van der Waals surface area contributed by atoms with Gasteiger partial charge in [0.05, 0.1) is 11.6 Å². The van der Waals surface area contributed by atoms with Gasteiger partial charge in [0.2, 0.25) is 0 Å². The topological polar surface area (TPSA) is 79.3 Å². The number of ketones is 1. The zero-order valence-electron chi connectivity index (χ0n) is 21.4. The predicted octanol–water partition coefficient (Wildman–Crippen LogP) is 4.44. The molecule has 4 rings (SSSR count). The minimum absolute atomic E-state index is 0.0928. The Morgan fingerprint density at radius 2 is 1.54 bits per heavy atom. The van der Waals surface area contributed by atoms with Crippen molar-refractivity contribution in [3.63, 3.8) is 0 Å². The minimum atomic E-state index is -0.696. The Hall–Kier alpha value is -4.10. The second kappa shape index (κ2) is 11.8. The van der Waals surface area contributed by atoms with E-state index >= 15 is 0 Å². The number of ether oxygens (including phenoxy) is 2. The number of hydrogen-bond donors (Lipinski definition) is 1. The number of nitrogens with zero attached hydrogens (tertiary/aromatic N) is 2. The van der Waals surface area contributed by atoms with Crippen LogP contribution in [0, 0.1) is 6.92 Å². The number of Topliss-reactive ketones (excluding diaryl/α,β-unsaturated/α-hetero) is 1. The van der Waals surface area contributed by atoms with Gasteiger partial charge in [-0.05, 0) is 50.3 Å². The van der Waals surface area contributed by atoms with Crippen LogP contribution in [0.15, 0.2) is 84.4 Å². The SMILES string of the molecule is Cc1ccccc1OCCOc1ccc([C@@H]2C(=C(O)c3ccccc3)C(=O)C(=O)N2CCN(C)C)cc1. The molecule has 1 fully saturated rings. The van der Waals surface area contributed by atoms with Gasteiger partial charge < -0.3 is 24.4 Å². The largest absolute Gasteiger partial charge is 0.507 e. The summed E-state index contributed by atoms with van der Waals surface area (Å²) in [5.74, 6) is -0.000377. The van der Waals surface area contributed by atoms with Gasteiger partial charge in [0.15, 0.2) is 0 Å². The Morgan fingerprint density at radius 1 is 0.892 bits per heavy atom. The number of carbonyl (C=O) groups excluding carboxylic acids is 2. The molecule has 0 aliphatic carbocycles. The smallest absolute Gasteiger partial charge is 0.295 e. The van der Waals surface area contributed by atoms with Crippen molar-refractivity contribution in [1.82, 2.24) is 9.80 Å². The average Bonchev–Trinajstić information content (AvgIpc) is 3.16. The van der Waals surface area contributed by atoms with Gasteiger partial charge in [0, 0.05) is 18.7 Å². The van der Waals surface area contributed by atoms with E-state index in [0.717, 1.165) is 16.9 Å². The Bertz CT molecular complexity index is 1270. The average molecular weight is 501 g/mol. The monoisotopic (exact) mass is 500 g/mol. The number of para-hydroxylation sites is 1. The number of likely N-dealkylation sites (tertiary alicyclic amines) is 1. The molecule has 0 bridgehead atoms. The number of carbonyl (C=O) groups is 2. The molecule has 1 amide bonds.